The van der Waals surface area contributed by atoms with E-state index in [1.165, 1.54) is 12.8 Å². The van der Waals surface area contributed by atoms with E-state index in [4.69, 9.17) is 4.42 Å². The van der Waals surface area contributed by atoms with Crippen LogP contribution in [-0.4, -0.2) is 32.8 Å². The molecule has 1 fully saturated rings. The minimum Gasteiger partial charge on any atom is -0.423 e. The molecule has 1 aliphatic rings. The Balaban J connectivity index is 1.48. The molecule has 0 saturated carbocycles. The van der Waals surface area contributed by atoms with Gasteiger partial charge in [-0.05, 0) is 61.8 Å². The lowest BCUT2D eigenvalue weighted by Crippen LogP contribution is -2.21. The summed E-state index contributed by atoms with van der Waals surface area (Å²) in [5.41, 5.74) is 2.20. The Bertz CT molecular complexity index is 1270. The average molecular weight is 497 g/mol. The van der Waals surface area contributed by atoms with Gasteiger partial charge in [-0.25, -0.2) is 4.79 Å². The topological polar surface area (TPSA) is 64.2 Å². The molecule has 0 N–H and O–H groups in total. The number of halogens is 1. The van der Waals surface area contributed by atoms with Gasteiger partial charge in [0, 0.05) is 27.4 Å². The predicted octanol–water partition coefficient (Wildman–Crippen LogP) is 5.02. The molecule has 8 heteroatoms. The van der Waals surface area contributed by atoms with Gasteiger partial charge in [-0.15, -0.1) is 10.2 Å². The van der Waals surface area contributed by atoms with Crippen LogP contribution in [0.15, 0.2) is 73.4 Å². The number of hydrogen-bond acceptors (Lipinski definition) is 6. The zero-order chi connectivity index (χ0) is 21.2. The first kappa shape index (κ1) is 20.5. The molecule has 6 nitrogen and oxygen atoms in total. The second-order valence-electron chi connectivity index (χ2n) is 7.57. The summed E-state index contributed by atoms with van der Waals surface area (Å²) in [6.45, 7) is 2.99. The van der Waals surface area contributed by atoms with Crippen LogP contribution >= 0.6 is 27.7 Å². The lowest BCUT2D eigenvalue weighted by molar-refractivity contribution is 0.319. The quantitative estimate of drug-likeness (QED) is 0.275. The fourth-order valence-electron chi connectivity index (χ4n) is 3.94. The number of hydrogen-bond donors (Lipinski definition) is 0. The number of rotatable bonds is 6. The highest BCUT2D eigenvalue weighted by Gasteiger charge is 2.20. The molecule has 0 radical (unpaired) electrons. The summed E-state index contributed by atoms with van der Waals surface area (Å²) in [4.78, 5) is 14.5. The van der Waals surface area contributed by atoms with Crippen molar-refractivity contribution in [2.24, 2.45) is 0 Å². The monoisotopic (exact) mass is 496 g/mol. The van der Waals surface area contributed by atoms with Gasteiger partial charge in [0.05, 0.1) is 6.54 Å². The SMILES string of the molecule is O=c1cc(CSc2nnc(CN3CCCC3)n2-c2ccccc2)c2ccc(Br)cc2o1. The molecule has 4 aromatic rings. The highest BCUT2D eigenvalue weighted by Crippen LogP contribution is 2.29. The molecule has 5 rings (SSSR count). The second kappa shape index (κ2) is 8.98. The maximum absolute atomic E-state index is 12.1. The maximum Gasteiger partial charge on any atom is 0.336 e. The highest BCUT2D eigenvalue weighted by molar-refractivity contribution is 9.10. The van der Waals surface area contributed by atoms with Crippen molar-refractivity contribution < 1.29 is 4.42 Å². The molecular weight excluding hydrogens is 476 g/mol. The molecule has 2 aromatic heterocycles. The van der Waals surface area contributed by atoms with Gasteiger partial charge in [-0.3, -0.25) is 9.47 Å². The largest absolute Gasteiger partial charge is 0.423 e. The molecule has 0 bridgehead atoms. The van der Waals surface area contributed by atoms with Crippen LogP contribution in [0.2, 0.25) is 0 Å². The lowest BCUT2D eigenvalue weighted by atomic mass is 10.1. The van der Waals surface area contributed by atoms with Gasteiger partial charge in [-0.2, -0.15) is 0 Å². The molecule has 158 valence electrons. The molecule has 31 heavy (non-hydrogen) atoms. The summed E-state index contributed by atoms with van der Waals surface area (Å²) in [7, 11) is 0. The van der Waals surface area contributed by atoms with Crippen LogP contribution < -0.4 is 5.63 Å². The van der Waals surface area contributed by atoms with Crippen LogP contribution in [0.1, 0.15) is 24.2 Å². The van der Waals surface area contributed by atoms with Crippen LogP contribution in [0, 0.1) is 0 Å². The summed E-state index contributed by atoms with van der Waals surface area (Å²) >= 11 is 5.02. The van der Waals surface area contributed by atoms with Crippen LogP contribution in [-0.2, 0) is 12.3 Å². The summed E-state index contributed by atoms with van der Waals surface area (Å²) < 4.78 is 8.38. The summed E-state index contributed by atoms with van der Waals surface area (Å²) in [5.74, 6) is 1.54. The Kier molecular flexibility index (Phi) is 5.93. The van der Waals surface area contributed by atoms with Gasteiger partial charge in [0.25, 0.3) is 0 Å². The van der Waals surface area contributed by atoms with Crippen molar-refractivity contribution in [1.82, 2.24) is 19.7 Å². The molecule has 0 unspecified atom stereocenters. The van der Waals surface area contributed by atoms with Crippen LogP contribution in [0.5, 0.6) is 0 Å². The van der Waals surface area contributed by atoms with E-state index < -0.39 is 0 Å². The first-order valence-electron chi connectivity index (χ1n) is 10.2. The first-order valence-corrected chi connectivity index (χ1v) is 12.0. The predicted molar refractivity (Wildman–Crippen MR) is 126 cm³/mol. The van der Waals surface area contributed by atoms with Gasteiger partial charge in [-0.1, -0.05) is 45.9 Å². The Hall–Kier alpha value is -2.42. The van der Waals surface area contributed by atoms with Gasteiger partial charge < -0.3 is 4.42 Å². The molecule has 0 amide bonds. The molecule has 1 aliphatic heterocycles. The van der Waals surface area contributed by atoms with E-state index in [1.807, 2.05) is 36.4 Å². The Morgan fingerprint density at radius 2 is 1.84 bits per heavy atom. The zero-order valence-electron chi connectivity index (χ0n) is 16.8. The number of aromatic nitrogens is 3. The number of thioether (sulfide) groups is 1. The Morgan fingerprint density at radius 3 is 2.65 bits per heavy atom. The van der Waals surface area contributed by atoms with Crippen molar-refractivity contribution in [2.75, 3.05) is 13.1 Å². The van der Waals surface area contributed by atoms with E-state index in [2.05, 4.69) is 47.7 Å². The zero-order valence-corrected chi connectivity index (χ0v) is 19.2. The number of para-hydroxylation sites is 1. The number of benzene rings is 2. The van der Waals surface area contributed by atoms with Gasteiger partial charge in [0.15, 0.2) is 11.0 Å². The van der Waals surface area contributed by atoms with Crippen molar-refractivity contribution >= 4 is 38.7 Å². The fourth-order valence-corrected chi connectivity index (χ4v) is 5.24. The van der Waals surface area contributed by atoms with E-state index in [9.17, 15) is 4.79 Å². The number of nitrogens with zero attached hydrogens (tertiary/aromatic N) is 4. The highest BCUT2D eigenvalue weighted by atomic mass is 79.9. The second-order valence-corrected chi connectivity index (χ2v) is 9.43. The molecule has 0 aliphatic carbocycles. The van der Waals surface area contributed by atoms with E-state index in [1.54, 1.807) is 17.8 Å². The van der Waals surface area contributed by atoms with Crippen molar-refractivity contribution in [3.63, 3.8) is 0 Å². The lowest BCUT2D eigenvalue weighted by Gasteiger charge is -2.16. The number of fused-ring (bicyclic) bond motifs is 1. The first-order chi connectivity index (χ1) is 15.2. The minimum atomic E-state index is -0.347. The van der Waals surface area contributed by atoms with Gasteiger partial charge >= 0.3 is 5.63 Å². The molecule has 0 atom stereocenters. The van der Waals surface area contributed by atoms with Crippen molar-refractivity contribution in [3.8, 4) is 5.69 Å². The third-order valence-electron chi connectivity index (χ3n) is 5.43. The van der Waals surface area contributed by atoms with E-state index >= 15 is 0 Å². The van der Waals surface area contributed by atoms with Crippen molar-refractivity contribution in [2.45, 2.75) is 30.3 Å². The third-order valence-corrected chi connectivity index (χ3v) is 6.90. The molecule has 2 aromatic carbocycles. The fraction of sp³-hybridized carbons (Fsp3) is 0.261. The van der Waals surface area contributed by atoms with Crippen molar-refractivity contribution in [3.05, 3.63) is 80.9 Å². The molecule has 0 spiro atoms. The van der Waals surface area contributed by atoms with E-state index in [0.717, 1.165) is 51.7 Å². The third kappa shape index (κ3) is 4.46. The average Bonchev–Trinajstić information content (AvgIpc) is 3.42. The standard InChI is InChI=1S/C23H21BrN4O2S/c24-17-8-9-19-16(12-22(29)30-20(19)13-17)15-31-23-26-25-21(14-27-10-4-5-11-27)28(23)18-6-2-1-3-7-18/h1-3,6-9,12-13H,4-5,10-11,14-15H2. The molecule has 3 heterocycles. The van der Waals surface area contributed by atoms with E-state index in [0.29, 0.717) is 11.3 Å². The Morgan fingerprint density at radius 1 is 1.03 bits per heavy atom. The van der Waals surface area contributed by atoms with Crippen molar-refractivity contribution in [1.29, 1.82) is 0 Å². The maximum atomic E-state index is 12.1. The van der Waals surface area contributed by atoms with E-state index in [-0.39, 0.29) is 5.63 Å². The van der Waals surface area contributed by atoms with Crippen LogP contribution in [0.4, 0.5) is 0 Å². The Labute approximate surface area is 192 Å². The normalized spacial score (nSPS) is 14.5. The summed E-state index contributed by atoms with van der Waals surface area (Å²) in [6.07, 6.45) is 2.47. The van der Waals surface area contributed by atoms with Crippen LogP contribution in [0.25, 0.3) is 16.7 Å². The molecule has 1 saturated heterocycles. The van der Waals surface area contributed by atoms with Gasteiger partial charge in [0.2, 0.25) is 0 Å². The van der Waals surface area contributed by atoms with Crippen LogP contribution in [0.3, 0.4) is 0 Å². The number of likely N-dealkylation sites (tertiary alicyclic amines) is 1. The summed E-state index contributed by atoms with van der Waals surface area (Å²) in [5, 5.41) is 10.8. The summed E-state index contributed by atoms with van der Waals surface area (Å²) in [6, 6.07) is 17.5. The van der Waals surface area contributed by atoms with Gasteiger partial charge in [0.1, 0.15) is 5.58 Å². The minimum absolute atomic E-state index is 0.347. The molecular formula is C23H21BrN4O2S. The smallest absolute Gasteiger partial charge is 0.336 e.